The smallest absolute Gasteiger partial charge is 0.259 e. The number of hydrogen-bond donors (Lipinski definition) is 3. The molecule has 8 heteroatoms. The Hall–Kier alpha value is -5.21. The maximum absolute atomic E-state index is 13.3. The number of methoxy groups -OCH3 is 1. The van der Waals surface area contributed by atoms with Crippen LogP contribution < -0.4 is 15.5 Å². The number of phenolic OH excluding ortho intramolecular Hbond substituents is 1. The predicted molar refractivity (Wildman–Crippen MR) is 162 cm³/mol. The molecule has 0 heterocycles. The van der Waals surface area contributed by atoms with Crippen molar-refractivity contribution in [2.24, 2.45) is 10.2 Å². The molecule has 8 nitrogen and oxygen atoms in total. The highest BCUT2D eigenvalue weighted by Crippen LogP contribution is 2.41. The Labute approximate surface area is 238 Å². The van der Waals surface area contributed by atoms with Gasteiger partial charge in [0.15, 0.2) is 5.75 Å². The van der Waals surface area contributed by atoms with E-state index in [4.69, 9.17) is 9.57 Å². The number of carbonyl (C=O) groups excluding carboxylic acids is 1. The lowest BCUT2D eigenvalue weighted by atomic mass is 10.0. The van der Waals surface area contributed by atoms with Crippen LogP contribution >= 0.6 is 0 Å². The summed E-state index contributed by atoms with van der Waals surface area (Å²) in [5.74, 6) is -0.206. The zero-order chi connectivity index (χ0) is 28.8. The topological polar surface area (TPSA) is 105 Å². The second-order valence-electron chi connectivity index (χ2n) is 9.58. The third-order valence-electron chi connectivity index (χ3n) is 6.58. The van der Waals surface area contributed by atoms with Crippen molar-refractivity contribution in [1.82, 2.24) is 0 Å². The van der Waals surface area contributed by atoms with Gasteiger partial charge in [-0.2, -0.15) is 0 Å². The molecule has 3 N–H and O–H groups in total. The number of nitrogens with one attached hydrogen (secondary N) is 2. The number of anilines is 2. The number of aryl methyl sites for hydroxylation is 2. The van der Waals surface area contributed by atoms with Gasteiger partial charge >= 0.3 is 0 Å². The normalized spacial score (nSPS) is 11.1. The zero-order valence-electron chi connectivity index (χ0n) is 23.0. The molecule has 0 aliphatic heterocycles. The van der Waals surface area contributed by atoms with E-state index in [1.54, 1.807) is 25.3 Å². The molecule has 206 valence electrons. The van der Waals surface area contributed by atoms with Crippen LogP contribution in [-0.2, 0) is 11.4 Å². The van der Waals surface area contributed by atoms with Gasteiger partial charge in [-0.15, -0.1) is 10.2 Å². The van der Waals surface area contributed by atoms with Gasteiger partial charge in [0.2, 0.25) is 0 Å². The number of benzene rings is 5. The van der Waals surface area contributed by atoms with Crippen LogP contribution in [0.15, 0.2) is 107 Å². The molecule has 0 saturated heterocycles. The molecule has 0 atom stereocenters. The van der Waals surface area contributed by atoms with Gasteiger partial charge < -0.3 is 15.2 Å². The predicted octanol–water partition coefficient (Wildman–Crippen LogP) is 8.38. The fraction of sp³-hybridized carbons (Fsp3) is 0.121. The summed E-state index contributed by atoms with van der Waals surface area (Å²) in [5, 5.41) is 24.5. The highest BCUT2D eigenvalue weighted by Gasteiger charge is 2.19. The number of carbonyl (C=O) groups is 1. The molecule has 0 aromatic heterocycles. The Kier molecular flexibility index (Phi) is 8.22. The minimum Gasteiger partial charge on any atom is -0.505 e. The number of nitrogens with zero attached hydrogens (tertiary/aromatic N) is 2. The Bertz CT molecular complexity index is 1740. The van der Waals surface area contributed by atoms with Gasteiger partial charge in [-0.1, -0.05) is 66.2 Å². The first-order valence-corrected chi connectivity index (χ1v) is 13.1. The second kappa shape index (κ2) is 12.3. The Morgan fingerprint density at radius 3 is 2.44 bits per heavy atom. The van der Waals surface area contributed by atoms with Gasteiger partial charge in [-0.05, 0) is 66.8 Å². The number of phenols is 1. The van der Waals surface area contributed by atoms with Crippen molar-refractivity contribution in [2.45, 2.75) is 20.5 Å². The van der Waals surface area contributed by atoms with Crippen molar-refractivity contribution < 1.29 is 19.5 Å². The molecule has 5 aromatic rings. The summed E-state index contributed by atoms with van der Waals surface area (Å²) >= 11 is 0. The summed E-state index contributed by atoms with van der Waals surface area (Å²) in [6.45, 7) is 4.14. The molecule has 1 amide bonds. The number of para-hydroxylation sites is 2. The molecule has 5 rings (SSSR count). The monoisotopic (exact) mass is 546 g/mol. The number of fused-ring (bicyclic) bond motifs is 1. The summed E-state index contributed by atoms with van der Waals surface area (Å²) in [6, 6.07) is 29.9. The fourth-order valence-corrected chi connectivity index (χ4v) is 4.39. The van der Waals surface area contributed by atoms with Crippen LogP contribution in [0.3, 0.4) is 0 Å². The van der Waals surface area contributed by atoms with Crippen molar-refractivity contribution in [3.63, 3.8) is 0 Å². The van der Waals surface area contributed by atoms with Crippen LogP contribution in [-0.4, -0.2) is 18.1 Å². The zero-order valence-corrected chi connectivity index (χ0v) is 23.0. The first-order chi connectivity index (χ1) is 19.9. The number of amides is 1. The third-order valence-corrected chi connectivity index (χ3v) is 6.58. The van der Waals surface area contributed by atoms with Crippen LogP contribution in [0.4, 0.5) is 22.7 Å². The molecule has 0 aliphatic carbocycles. The van der Waals surface area contributed by atoms with E-state index in [0.29, 0.717) is 22.5 Å². The maximum atomic E-state index is 13.3. The lowest BCUT2D eigenvalue weighted by Gasteiger charge is -2.13. The average Bonchev–Trinajstić information content (AvgIpc) is 2.98. The van der Waals surface area contributed by atoms with Crippen molar-refractivity contribution in [1.29, 1.82) is 0 Å². The van der Waals surface area contributed by atoms with Gasteiger partial charge in [-0.3, -0.25) is 15.1 Å². The third kappa shape index (κ3) is 6.34. The Balaban J connectivity index is 1.47. The molecule has 0 unspecified atom stereocenters. The average molecular weight is 547 g/mol. The van der Waals surface area contributed by atoms with Gasteiger partial charge in [0, 0.05) is 11.1 Å². The Morgan fingerprint density at radius 1 is 0.878 bits per heavy atom. The molecule has 0 radical (unpaired) electrons. The number of aromatic hydroxyl groups is 1. The van der Waals surface area contributed by atoms with Crippen LogP contribution in [0, 0.1) is 13.8 Å². The van der Waals surface area contributed by atoms with Crippen LogP contribution in [0.1, 0.15) is 27.0 Å². The summed E-state index contributed by atoms with van der Waals surface area (Å²) < 4.78 is 5.50. The highest BCUT2D eigenvalue weighted by atomic mass is 16.6. The van der Waals surface area contributed by atoms with Crippen molar-refractivity contribution in [3.8, 4) is 11.5 Å². The standard InChI is InChI=1S/C33H30N4O4/c1-21-13-15-26-24(17-21)19-27(33(39)34-28-12-8-7-9-22(28)2)32(38)31(26)36-35-29-18-23(14-16-30(29)40-3)20-41-37-25-10-5-4-6-11-25/h4-19,37-38H,20H2,1-3H3,(H,34,39). The first kappa shape index (κ1) is 27.4. The minimum absolute atomic E-state index is 0.0985. The van der Waals surface area contributed by atoms with Crippen molar-refractivity contribution in [3.05, 3.63) is 119 Å². The molecular weight excluding hydrogens is 516 g/mol. The summed E-state index contributed by atoms with van der Waals surface area (Å²) in [5.41, 5.74) is 7.90. The van der Waals surface area contributed by atoms with E-state index < -0.39 is 5.91 Å². The Morgan fingerprint density at radius 2 is 1.66 bits per heavy atom. The summed E-state index contributed by atoms with van der Waals surface area (Å²) in [6.07, 6.45) is 0. The molecule has 5 aromatic carbocycles. The number of rotatable bonds is 9. The van der Waals surface area contributed by atoms with Gasteiger partial charge in [0.05, 0.1) is 25.0 Å². The summed E-state index contributed by atoms with van der Waals surface area (Å²) in [4.78, 5) is 18.9. The van der Waals surface area contributed by atoms with Crippen LogP contribution in [0.25, 0.3) is 10.8 Å². The van der Waals surface area contributed by atoms with E-state index in [1.165, 1.54) is 0 Å². The molecule has 0 aliphatic rings. The molecule has 0 bridgehead atoms. The van der Waals surface area contributed by atoms with E-state index in [1.807, 2.05) is 92.7 Å². The summed E-state index contributed by atoms with van der Waals surface area (Å²) in [7, 11) is 1.55. The van der Waals surface area contributed by atoms with Crippen LogP contribution in [0.2, 0.25) is 0 Å². The van der Waals surface area contributed by atoms with Crippen LogP contribution in [0.5, 0.6) is 11.5 Å². The van der Waals surface area contributed by atoms with E-state index >= 15 is 0 Å². The number of azo groups is 1. The first-order valence-electron chi connectivity index (χ1n) is 13.1. The van der Waals surface area contributed by atoms with Gasteiger partial charge in [0.25, 0.3) is 5.91 Å². The molecule has 0 fully saturated rings. The van der Waals surface area contributed by atoms with Crippen molar-refractivity contribution >= 4 is 39.4 Å². The fourth-order valence-electron chi connectivity index (χ4n) is 4.39. The minimum atomic E-state index is -0.445. The number of hydrogen-bond acceptors (Lipinski definition) is 7. The maximum Gasteiger partial charge on any atom is 0.259 e. The quantitative estimate of drug-likeness (QED) is 0.127. The molecule has 0 saturated carbocycles. The van der Waals surface area contributed by atoms with Crippen molar-refractivity contribution in [2.75, 3.05) is 17.9 Å². The SMILES string of the molecule is COc1ccc(CONc2ccccc2)cc1N=Nc1c(O)c(C(=O)Nc2ccccc2C)cc2cc(C)ccc12. The highest BCUT2D eigenvalue weighted by molar-refractivity contribution is 6.12. The largest absolute Gasteiger partial charge is 0.505 e. The lowest BCUT2D eigenvalue weighted by molar-refractivity contribution is 0.102. The van der Waals surface area contributed by atoms with E-state index in [-0.39, 0.29) is 23.6 Å². The number of ether oxygens (including phenoxy) is 1. The second-order valence-corrected chi connectivity index (χ2v) is 9.58. The van der Waals surface area contributed by atoms with E-state index in [2.05, 4.69) is 21.0 Å². The van der Waals surface area contributed by atoms with E-state index in [9.17, 15) is 9.90 Å². The van der Waals surface area contributed by atoms with Gasteiger partial charge in [0.1, 0.15) is 17.1 Å². The van der Waals surface area contributed by atoms with E-state index in [0.717, 1.165) is 27.8 Å². The van der Waals surface area contributed by atoms with Gasteiger partial charge in [-0.25, -0.2) is 0 Å². The molecule has 0 spiro atoms. The molecular formula is C33H30N4O4. The lowest BCUT2D eigenvalue weighted by Crippen LogP contribution is -2.13. The molecule has 41 heavy (non-hydrogen) atoms.